The Balaban J connectivity index is 2.32. The third-order valence-electron chi connectivity index (χ3n) is 3.26. The minimum atomic E-state index is -0.341. The molecular formula is C15H13FN2O2S. The van der Waals surface area contributed by atoms with Gasteiger partial charge in [-0.25, -0.2) is 4.39 Å². The molecule has 0 saturated carbocycles. The van der Waals surface area contributed by atoms with Crippen LogP contribution in [0, 0.1) is 10.6 Å². The lowest BCUT2D eigenvalue weighted by Gasteiger charge is -2.10. The van der Waals surface area contributed by atoms with E-state index in [4.69, 9.17) is 21.7 Å². The van der Waals surface area contributed by atoms with Gasteiger partial charge in [-0.05, 0) is 24.4 Å². The van der Waals surface area contributed by atoms with E-state index in [1.54, 1.807) is 37.0 Å². The van der Waals surface area contributed by atoms with Crippen molar-refractivity contribution < 1.29 is 13.9 Å². The molecular weight excluding hydrogens is 291 g/mol. The van der Waals surface area contributed by atoms with Gasteiger partial charge in [-0.3, -0.25) is 4.57 Å². The standard InChI is InChI=1S/C15H13FN2O2S/c1-19-10-6-9(7-11(8-10)20-2)18-13-5-3-4-12(16)14(13)17-15(18)21/h3-8H,1-2H3,(H,17,21). The van der Waals surface area contributed by atoms with Crippen molar-refractivity contribution in [2.24, 2.45) is 0 Å². The van der Waals surface area contributed by atoms with Crippen molar-refractivity contribution in [3.8, 4) is 17.2 Å². The molecule has 0 fully saturated rings. The van der Waals surface area contributed by atoms with Crippen molar-refractivity contribution >= 4 is 23.3 Å². The molecule has 0 bridgehead atoms. The first-order chi connectivity index (χ1) is 10.1. The number of methoxy groups -OCH3 is 2. The molecule has 3 aromatic rings. The van der Waals surface area contributed by atoms with Crippen LogP contribution in [0.15, 0.2) is 36.4 Å². The first kappa shape index (κ1) is 13.6. The number of nitrogens with one attached hydrogen (secondary N) is 1. The SMILES string of the molecule is COc1cc(OC)cc(-n2c(=S)[nH]c3c(F)cccc32)c1. The number of hydrogen-bond donors (Lipinski definition) is 1. The van der Waals surface area contributed by atoms with Crippen molar-refractivity contribution in [2.45, 2.75) is 0 Å². The van der Waals surface area contributed by atoms with E-state index < -0.39 is 0 Å². The summed E-state index contributed by atoms with van der Waals surface area (Å²) in [7, 11) is 3.15. The van der Waals surface area contributed by atoms with Crippen LogP contribution < -0.4 is 9.47 Å². The highest BCUT2D eigenvalue weighted by molar-refractivity contribution is 7.71. The molecule has 0 aliphatic carbocycles. The predicted molar refractivity (Wildman–Crippen MR) is 81.5 cm³/mol. The molecule has 21 heavy (non-hydrogen) atoms. The normalized spacial score (nSPS) is 10.8. The Morgan fingerprint density at radius 1 is 1.10 bits per heavy atom. The summed E-state index contributed by atoms with van der Waals surface area (Å²) >= 11 is 5.31. The zero-order chi connectivity index (χ0) is 15.0. The van der Waals surface area contributed by atoms with Crippen molar-refractivity contribution in [1.29, 1.82) is 0 Å². The van der Waals surface area contributed by atoms with Gasteiger partial charge in [0, 0.05) is 18.2 Å². The molecule has 0 amide bonds. The molecule has 0 aliphatic heterocycles. The lowest BCUT2D eigenvalue weighted by atomic mass is 10.2. The molecule has 0 unspecified atom stereocenters. The number of nitrogens with zero attached hydrogens (tertiary/aromatic N) is 1. The molecule has 0 saturated heterocycles. The number of halogens is 1. The van der Waals surface area contributed by atoms with Crippen LogP contribution in [0.2, 0.25) is 0 Å². The maximum Gasteiger partial charge on any atom is 0.182 e. The number of aromatic amines is 1. The summed E-state index contributed by atoms with van der Waals surface area (Å²) in [6.45, 7) is 0. The number of para-hydroxylation sites is 1. The highest BCUT2D eigenvalue weighted by atomic mass is 32.1. The van der Waals surface area contributed by atoms with Crippen LogP contribution in [0.5, 0.6) is 11.5 Å². The van der Waals surface area contributed by atoms with Crippen LogP contribution in [0.3, 0.4) is 0 Å². The summed E-state index contributed by atoms with van der Waals surface area (Å²) in [6.07, 6.45) is 0. The zero-order valence-corrected chi connectivity index (χ0v) is 12.3. The largest absolute Gasteiger partial charge is 0.497 e. The van der Waals surface area contributed by atoms with Crippen molar-refractivity contribution in [3.05, 3.63) is 47.0 Å². The molecule has 1 heterocycles. The molecule has 6 heteroatoms. The van der Waals surface area contributed by atoms with E-state index in [9.17, 15) is 4.39 Å². The maximum absolute atomic E-state index is 13.8. The average molecular weight is 304 g/mol. The fourth-order valence-corrected chi connectivity index (χ4v) is 2.58. The van der Waals surface area contributed by atoms with Crippen molar-refractivity contribution in [2.75, 3.05) is 14.2 Å². The van der Waals surface area contributed by atoms with E-state index in [0.29, 0.717) is 27.3 Å². The summed E-state index contributed by atoms with van der Waals surface area (Å²) in [4.78, 5) is 2.89. The van der Waals surface area contributed by atoms with E-state index in [1.165, 1.54) is 6.07 Å². The summed E-state index contributed by atoms with van der Waals surface area (Å²) in [5.74, 6) is 0.932. The van der Waals surface area contributed by atoms with Gasteiger partial charge >= 0.3 is 0 Å². The van der Waals surface area contributed by atoms with Gasteiger partial charge in [-0.1, -0.05) is 6.07 Å². The number of benzene rings is 2. The predicted octanol–water partition coefficient (Wildman–Crippen LogP) is 3.84. The third-order valence-corrected chi connectivity index (χ3v) is 3.55. The van der Waals surface area contributed by atoms with Crippen molar-refractivity contribution in [3.63, 3.8) is 0 Å². The minimum absolute atomic E-state index is 0.341. The van der Waals surface area contributed by atoms with E-state index in [1.807, 2.05) is 12.1 Å². The second-order valence-corrected chi connectivity index (χ2v) is 4.86. The van der Waals surface area contributed by atoms with Crippen LogP contribution in [0.25, 0.3) is 16.7 Å². The Hall–Kier alpha value is -2.34. The van der Waals surface area contributed by atoms with Gasteiger partial charge in [-0.2, -0.15) is 0 Å². The zero-order valence-electron chi connectivity index (χ0n) is 11.5. The highest BCUT2D eigenvalue weighted by Crippen LogP contribution is 2.28. The Kier molecular flexibility index (Phi) is 3.39. The topological polar surface area (TPSA) is 39.2 Å². The Morgan fingerprint density at radius 2 is 1.76 bits per heavy atom. The molecule has 1 aromatic heterocycles. The summed E-state index contributed by atoms with van der Waals surface area (Å²) in [5, 5.41) is 0. The van der Waals surface area contributed by atoms with Gasteiger partial charge in [0.25, 0.3) is 0 Å². The first-order valence-electron chi connectivity index (χ1n) is 6.26. The molecule has 108 valence electrons. The lowest BCUT2D eigenvalue weighted by molar-refractivity contribution is 0.394. The number of hydrogen-bond acceptors (Lipinski definition) is 3. The minimum Gasteiger partial charge on any atom is -0.497 e. The van der Waals surface area contributed by atoms with Crippen LogP contribution in [0.4, 0.5) is 4.39 Å². The third kappa shape index (κ3) is 2.27. The van der Waals surface area contributed by atoms with E-state index >= 15 is 0 Å². The number of imidazole rings is 1. The molecule has 0 aliphatic rings. The fraction of sp³-hybridized carbons (Fsp3) is 0.133. The summed E-state index contributed by atoms with van der Waals surface area (Å²) in [5.41, 5.74) is 1.78. The number of ether oxygens (including phenoxy) is 2. The van der Waals surface area contributed by atoms with Gasteiger partial charge < -0.3 is 14.5 Å². The quantitative estimate of drug-likeness (QED) is 0.747. The number of rotatable bonds is 3. The number of H-pyrrole nitrogens is 1. The van der Waals surface area contributed by atoms with Crippen LogP contribution in [-0.4, -0.2) is 23.8 Å². The van der Waals surface area contributed by atoms with Crippen LogP contribution >= 0.6 is 12.2 Å². The van der Waals surface area contributed by atoms with E-state index in [0.717, 1.165) is 5.69 Å². The smallest absolute Gasteiger partial charge is 0.182 e. The van der Waals surface area contributed by atoms with E-state index in [2.05, 4.69) is 4.98 Å². The average Bonchev–Trinajstić information content (AvgIpc) is 2.84. The van der Waals surface area contributed by atoms with Crippen molar-refractivity contribution in [1.82, 2.24) is 9.55 Å². The lowest BCUT2D eigenvalue weighted by Crippen LogP contribution is -1.96. The Labute approximate surface area is 125 Å². The molecule has 3 rings (SSSR count). The molecule has 2 aromatic carbocycles. The van der Waals surface area contributed by atoms with Gasteiger partial charge in [0.1, 0.15) is 22.8 Å². The van der Waals surface area contributed by atoms with E-state index in [-0.39, 0.29) is 5.82 Å². The fourth-order valence-electron chi connectivity index (χ4n) is 2.27. The van der Waals surface area contributed by atoms with Crippen LogP contribution in [0.1, 0.15) is 0 Å². The summed E-state index contributed by atoms with van der Waals surface area (Å²) in [6, 6.07) is 10.2. The first-order valence-corrected chi connectivity index (χ1v) is 6.67. The molecule has 4 nitrogen and oxygen atoms in total. The van der Waals surface area contributed by atoms with Gasteiger partial charge in [0.2, 0.25) is 0 Å². The molecule has 0 spiro atoms. The second-order valence-electron chi connectivity index (χ2n) is 4.47. The Bertz CT molecular complexity index is 847. The van der Waals surface area contributed by atoms with Crippen LogP contribution in [-0.2, 0) is 0 Å². The summed E-state index contributed by atoms with van der Waals surface area (Å²) < 4.78 is 26.5. The highest BCUT2D eigenvalue weighted by Gasteiger charge is 2.11. The molecule has 0 atom stereocenters. The Morgan fingerprint density at radius 3 is 2.38 bits per heavy atom. The number of aromatic nitrogens is 2. The molecule has 1 N–H and O–H groups in total. The van der Waals surface area contributed by atoms with Gasteiger partial charge in [0.05, 0.1) is 25.4 Å². The van der Waals surface area contributed by atoms with Gasteiger partial charge in [0.15, 0.2) is 4.77 Å². The number of fused-ring (bicyclic) bond motifs is 1. The molecule has 0 radical (unpaired) electrons. The monoisotopic (exact) mass is 304 g/mol. The van der Waals surface area contributed by atoms with Gasteiger partial charge in [-0.15, -0.1) is 0 Å². The second kappa shape index (κ2) is 5.21. The maximum atomic E-state index is 13.8.